The van der Waals surface area contributed by atoms with Gasteiger partial charge in [-0.15, -0.1) is 0 Å². The summed E-state index contributed by atoms with van der Waals surface area (Å²) in [7, 11) is 0. The minimum atomic E-state index is -0.271. The molecule has 0 spiro atoms. The Kier molecular flexibility index (Phi) is 4.07. The van der Waals surface area contributed by atoms with Gasteiger partial charge in [0.2, 0.25) is 11.8 Å². The summed E-state index contributed by atoms with van der Waals surface area (Å²) in [5.41, 5.74) is 0.887. The molecular formula is C20H26N2O2. The fourth-order valence-corrected chi connectivity index (χ4v) is 4.34. The molecule has 0 atom stereocenters. The Morgan fingerprint density at radius 2 is 1.50 bits per heavy atom. The average molecular weight is 326 g/mol. The van der Waals surface area contributed by atoms with Crippen molar-refractivity contribution in [2.45, 2.75) is 43.9 Å². The molecule has 0 unspecified atom stereocenters. The van der Waals surface area contributed by atoms with E-state index in [1.54, 1.807) is 0 Å². The van der Waals surface area contributed by atoms with Gasteiger partial charge >= 0.3 is 0 Å². The van der Waals surface area contributed by atoms with E-state index in [2.05, 4.69) is 12.1 Å². The highest BCUT2D eigenvalue weighted by molar-refractivity contribution is 5.91. The Morgan fingerprint density at radius 3 is 2.08 bits per heavy atom. The number of carbonyl (C=O) groups is 2. The van der Waals surface area contributed by atoms with Gasteiger partial charge in [-0.05, 0) is 44.1 Å². The Labute approximate surface area is 143 Å². The average Bonchev–Trinajstić information content (AvgIpc) is 3.28. The standard InChI is InChI=1S/C20H26N2O2/c23-18(21-12-4-5-13-21)16-8-14-22(15-9-16)19(24)20(10-11-20)17-6-2-1-3-7-17/h1-3,6-7,16H,4-5,8-15H2. The van der Waals surface area contributed by atoms with E-state index in [1.807, 2.05) is 28.0 Å². The number of benzene rings is 1. The first-order chi connectivity index (χ1) is 11.7. The van der Waals surface area contributed by atoms with Crippen molar-refractivity contribution >= 4 is 11.8 Å². The zero-order chi connectivity index (χ0) is 16.6. The molecule has 3 fully saturated rings. The molecule has 4 heteroatoms. The van der Waals surface area contributed by atoms with E-state index in [9.17, 15) is 9.59 Å². The molecule has 1 saturated carbocycles. The summed E-state index contributed by atoms with van der Waals surface area (Å²) in [5.74, 6) is 0.726. The third-order valence-electron chi connectivity index (χ3n) is 6.03. The predicted octanol–water partition coefficient (Wildman–Crippen LogP) is 2.58. The van der Waals surface area contributed by atoms with Crippen molar-refractivity contribution in [2.75, 3.05) is 26.2 Å². The summed E-state index contributed by atoms with van der Waals surface area (Å²) < 4.78 is 0. The quantitative estimate of drug-likeness (QED) is 0.856. The van der Waals surface area contributed by atoms with Crippen LogP contribution in [0.15, 0.2) is 30.3 Å². The molecule has 24 heavy (non-hydrogen) atoms. The Hall–Kier alpha value is -1.84. The van der Waals surface area contributed by atoms with Crippen LogP contribution in [0.3, 0.4) is 0 Å². The molecule has 4 rings (SSSR count). The molecule has 1 aromatic carbocycles. The number of rotatable bonds is 3. The van der Waals surface area contributed by atoms with Gasteiger partial charge in [-0.3, -0.25) is 9.59 Å². The van der Waals surface area contributed by atoms with Crippen molar-refractivity contribution in [3.63, 3.8) is 0 Å². The van der Waals surface area contributed by atoms with E-state index in [4.69, 9.17) is 0 Å². The normalized spacial score (nSPS) is 23.3. The largest absolute Gasteiger partial charge is 0.342 e. The molecule has 3 aliphatic rings. The zero-order valence-electron chi connectivity index (χ0n) is 14.2. The molecule has 2 aliphatic heterocycles. The molecule has 0 aromatic heterocycles. The molecular weight excluding hydrogens is 300 g/mol. The predicted molar refractivity (Wildman–Crippen MR) is 92.5 cm³/mol. The van der Waals surface area contributed by atoms with E-state index in [0.717, 1.165) is 70.3 Å². The first-order valence-electron chi connectivity index (χ1n) is 9.34. The number of carbonyl (C=O) groups excluding carboxylic acids is 2. The molecule has 0 bridgehead atoms. The van der Waals surface area contributed by atoms with Crippen molar-refractivity contribution in [3.8, 4) is 0 Å². The second-order valence-corrected chi connectivity index (χ2v) is 7.55. The van der Waals surface area contributed by atoms with Crippen LogP contribution in [0.4, 0.5) is 0 Å². The maximum absolute atomic E-state index is 13.0. The highest BCUT2D eigenvalue weighted by Gasteiger charge is 2.53. The number of amides is 2. The van der Waals surface area contributed by atoms with E-state index in [1.165, 1.54) is 0 Å². The van der Waals surface area contributed by atoms with Crippen LogP contribution < -0.4 is 0 Å². The Morgan fingerprint density at radius 1 is 0.875 bits per heavy atom. The van der Waals surface area contributed by atoms with Crippen molar-refractivity contribution in [3.05, 3.63) is 35.9 Å². The first kappa shape index (κ1) is 15.7. The Bertz CT molecular complexity index is 610. The van der Waals surface area contributed by atoms with E-state index in [-0.39, 0.29) is 17.2 Å². The van der Waals surface area contributed by atoms with Gasteiger partial charge in [0, 0.05) is 32.1 Å². The second kappa shape index (κ2) is 6.23. The molecule has 2 saturated heterocycles. The van der Waals surface area contributed by atoms with Crippen LogP contribution in [-0.4, -0.2) is 47.8 Å². The van der Waals surface area contributed by atoms with Crippen LogP contribution >= 0.6 is 0 Å². The van der Waals surface area contributed by atoms with Crippen LogP contribution in [-0.2, 0) is 15.0 Å². The molecule has 1 aromatic rings. The first-order valence-corrected chi connectivity index (χ1v) is 9.34. The highest BCUT2D eigenvalue weighted by Crippen LogP contribution is 2.49. The van der Waals surface area contributed by atoms with Gasteiger partial charge in [-0.25, -0.2) is 0 Å². The Balaban J connectivity index is 1.37. The SMILES string of the molecule is O=C(C1CCN(C(=O)C2(c3ccccc3)CC2)CC1)N1CCCC1. The number of nitrogens with zero attached hydrogens (tertiary/aromatic N) is 2. The van der Waals surface area contributed by atoms with Crippen molar-refractivity contribution in [1.29, 1.82) is 0 Å². The summed E-state index contributed by atoms with van der Waals surface area (Å²) in [6.45, 7) is 3.32. The highest BCUT2D eigenvalue weighted by atomic mass is 16.2. The van der Waals surface area contributed by atoms with Crippen LogP contribution in [0.25, 0.3) is 0 Å². The lowest BCUT2D eigenvalue weighted by Gasteiger charge is -2.35. The zero-order valence-corrected chi connectivity index (χ0v) is 14.2. The lowest BCUT2D eigenvalue weighted by Crippen LogP contribution is -2.47. The molecule has 2 amide bonds. The van der Waals surface area contributed by atoms with Gasteiger partial charge in [0.1, 0.15) is 0 Å². The van der Waals surface area contributed by atoms with Crippen LogP contribution in [0.5, 0.6) is 0 Å². The van der Waals surface area contributed by atoms with Crippen LogP contribution in [0.2, 0.25) is 0 Å². The molecule has 128 valence electrons. The second-order valence-electron chi connectivity index (χ2n) is 7.55. The minimum absolute atomic E-state index is 0.124. The van der Waals surface area contributed by atoms with E-state index >= 15 is 0 Å². The maximum atomic E-state index is 13.0. The molecule has 0 N–H and O–H groups in total. The van der Waals surface area contributed by atoms with Gasteiger partial charge < -0.3 is 9.80 Å². The number of likely N-dealkylation sites (tertiary alicyclic amines) is 2. The van der Waals surface area contributed by atoms with Gasteiger partial charge in [0.05, 0.1) is 5.41 Å². The fraction of sp³-hybridized carbons (Fsp3) is 0.600. The van der Waals surface area contributed by atoms with Gasteiger partial charge in [0.15, 0.2) is 0 Å². The monoisotopic (exact) mass is 326 g/mol. The van der Waals surface area contributed by atoms with Crippen molar-refractivity contribution in [1.82, 2.24) is 9.80 Å². The van der Waals surface area contributed by atoms with Crippen LogP contribution in [0.1, 0.15) is 44.1 Å². The summed E-state index contributed by atoms with van der Waals surface area (Å²) in [4.78, 5) is 29.6. The third kappa shape index (κ3) is 2.72. The van der Waals surface area contributed by atoms with Crippen molar-refractivity contribution in [2.24, 2.45) is 5.92 Å². The molecule has 1 aliphatic carbocycles. The number of hydrogen-bond donors (Lipinski definition) is 0. The van der Waals surface area contributed by atoms with E-state index < -0.39 is 0 Å². The minimum Gasteiger partial charge on any atom is -0.342 e. The summed E-state index contributed by atoms with van der Waals surface area (Å²) in [6.07, 6.45) is 5.86. The smallest absolute Gasteiger partial charge is 0.233 e. The fourth-order valence-electron chi connectivity index (χ4n) is 4.34. The topological polar surface area (TPSA) is 40.6 Å². The summed E-state index contributed by atoms with van der Waals surface area (Å²) in [5, 5.41) is 0. The third-order valence-corrected chi connectivity index (χ3v) is 6.03. The molecule has 0 radical (unpaired) electrons. The number of piperidine rings is 1. The van der Waals surface area contributed by atoms with Crippen molar-refractivity contribution < 1.29 is 9.59 Å². The van der Waals surface area contributed by atoms with E-state index in [0.29, 0.717) is 5.91 Å². The number of hydrogen-bond acceptors (Lipinski definition) is 2. The summed E-state index contributed by atoms with van der Waals surface area (Å²) in [6, 6.07) is 10.2. The molecule has 4 nitrogen and oxygen atoms in total. The van der Waals surface area contributed by atoms with Crippen LogP contribution in [0, 0.1) is 5.92 Å². The van der Waals surface area contributed by atoms with Gasteiger partial charge in [-0.2, -0.15) is 0 Å². The van der Waals surface area contributed by atoms with Gasteiger partial charge in [0.25, 0.3) is 0 Å². The summed E-state index contributed by atoms with van der Waals surface area (Å²) >= 11 is 0. The lowest BCUT2D eigenvalue weighted by molar-refractivity contribution is -0.141. The lowest BCUT2D eigenvalue weighted by atomic mass is 9.91. The van der Waals surface area contributed by atoms with Gasteiger partial charge in [-0.1, -0.05) is 30.3 Å². The maximum Gasteiger partial charge on any atom is 0.233 e. The molecule has 2 heterocycles.